The molecule has 4 aromatic rings. The predicted molar refractivity (Wildman–Crippen MR) is 159 cm³/mol. The number of Topliss-reactive ketones (excluding diaryl/α,β-unsaturated/α-hetero) is 1. The van der Waals surface area contributed by atoms with E-state index in [1.54, 1.807) is 24.1 Å². The average molecular weight is 548 g/mol. The van der Waals surface area contributed by atoms with Gasteiger partial charge in [-0.25, -0.2) is 0 Å². The number of hydrogen-bond acceptors (Lipinski definition) is 5. The van der Waals surface area contributed by atoms with Gasteiger partial charge in [0.2, 0.25) is 0 Å². The second-order valence-electron chi connectivity index (χ2n) is 10.2. The zero-order valence-electron chi connectivity index (χ0n) is 23.5. The van der Waals surface area contributed by atoms with Crippen molar-refractivity contribution >= 4 is 17.4 Å². The molecule has 1 heterocycles. The fourth-order valence-electron chi connectivity index (χ4n) is 5.20. The van der Waals surface area contributed by atoms with Gasteiger partial charge < -0.3 is 19.5 Å². The number of benzene rings is 4. The fraction of sp³-hybridized carbons (Fsp3) is 0.200. The number of ether oxygens (including phenoxy) is 2. The summed E-state index contributed by atoms with van der Waals surface area (Å²) in [7, 11) is 1.55. The molecule has 1 fully saturated rings. The molecule has 0 bridgehead atoms. The summed E-state index contributed by atoms with van der Waals surface area (Å²) in [6.45, 7) is 4.46. The average Bonchev–Trinajstić information content (AvgIpc) is 3.25. The highest BCUT2D eigenvalue weighted by molar-refractivity contribution is 6.46. The van der Waals surface area contributed by atoms with Gasteiger partial charge in [0, 0.05) is 12.1 Å². The predicted octanol–water partition coefficient (Wildman–Crippen LogP) is 6.56. The third-order valence-corrected chi connectivity index (χ3v) is 7.41. The molecule has 0 aliphatic carbocycles. The second-order valence-corrected chi connectivity index (χ2v) is 10.2. The maximum Gasteiger partial charge on any atom is 0.295 e. The van der Waals surface area contributed by atoms with Gasteiger partial charge in [0.05, 0.1) is 18.7 Å². The van der Waals surface area contributed by atoms with Crippen molar-refractivity contribution in [3.63, 3.8) is 0 Å². The van der Waals surface area contributed by atoms with Crippen LogP contribution in [-0.4, -0.2) is 35.4 Å². The Kier molecular flexibility index (Phi) is 8.20. The second kappa shape index (κ2) is 12.1. The first-order valence-corrected chi connectivity index (χ1v) is 13.6. The minimum absolute atomic E-state index is 0.0665. The molecule has 0 radical (unpaired) electrons. The zero-order valence-corrected chi connectivity index (χ0v) is 23.5. The zero-order chi connectivity index (χ0) is 28.9. The van der Waals surface area contributed by atoms with Gasteiger partial charge in [-0.05, 0) is 60.7 Å². The molecule has 41 heavy (non-hydrogen) atoms. The third-order valence-electron chi connectivity index (χ3n) is 7.41. The van der Waals surface area contributed by atoms with E-state index in [1.165, 1.54) is 0 Å². The summed E-state index contributed by atoms with van der Waals surface area (Å²) in [5.74, 6) is -0.513. The maximum atomic E-state index is 13.5. The van der Waals surface area contributed by atoms with E-state index < -0.39 is 17.7 Å². The number of amides is 1. The minimum atomic E-state index is -0.796. The van der Waals surface area contributed by atoms with Crippen LogP contribution in [0.2, 0.25) is 0 Å². The Morgan fingerprint density at radius 1 is 0.829 bits per heavy atom. The Morgan fingerprint density at radius 3 is 2.20 bits per heavy atom. The Morgan fingerprint density at radius 2 is 1.51 bits per heavy atom. The van der Waals surface area contributed by atoms with Crippen LogP contribution in [0.5, 0.6) is 11.5 Å². The van der Waals surface area contributed by atoms with Gasteiger partial charge in [-0.1, -0.05) is 84.4 Å². The SMILES string of the molecule is COc1cc(C2C(=C(O)c3cc(C)ccc3C)C(=O)C(=O)N2CCc2ccccc2)ccc1OCc1ccccc1. The number of methoxy groups -OCH3 is 1. The first-order chi connectivity index (χ1) is 19.9. The smallest absolute Gasteiger partial charge is 0.295 e. The van der Waals surface area contributed by atoms with Crippen molar-refractivity contribution in [2.24, 2.45) is 0 Å². The molecule has 0 aromatic heterocycles. The molecule has 1 N–H and O–H groups in total. The highest BCUT2D eigenvalue weighted by Gasteiger charge is 2.46. The highest BCUT2D eigenvalue weighted by atomic mass is 16.5. The fourth-order valence-corrected chi connectivity index (χ4v) is 5.20. The van der Waals surface area contributed by atoms with Crippen LogP contribution in [0.1, 0.15) is 39.4 Å². The molecule has 1 atom stereocenters. The first-order valence-electron chi connectivity index (χ1n) is 13.6. The maximum absolute atomic E-state index is 13.5. The van der Waals surface area contributed by atoms with E-state index in [0.717, 1.165) is 22.3 Å². The van der Waals surface area contributed by atoms with Gasteiger partial charge in [-0.15, -0.1) is 0 Å². The van der Waals surface area contributed by atoms with Crippen LogP contribution in [-0.2, 0) is 22.6 Å². The van der Waals surface area contributed by atoms with Gasteiger partial charge >= 0.3 is 0 Å². The highest BCUT2D eigenvalue weighted by Crippen LogP contribution is 2.42. The summed E-state index contributed by atoms with van der Waals surface area (Å²) in [4.78, 5) is 28.5. The molecular weight excluding hydrogens is 514 g/mol. The minimum Gasteiger partial charge on any atom is -0.507 e. The number of carbonyl (C=O) groups is 2. The van der Waals surface area contributed by atoms with Crippen LogP contribution < -0.4 is 9.47 Å². The summed E-state index contributed by atoms with van der Waals surface area (Å²) in [6, 6.07) is 29.9. The van der Waals surface area contributed by atoms with Crippen molar-refractivity contribution in [3.8, 4) is 11.5 Å². The van der Waals surface area contributed by atoms with Crippen molar-refractivity contribution in [1.29, 1.82) is 0 Å². The van der Waals surface area contributed by atoms with Crippen LogP contribution in [0.25, 0.3) is 5.76 Å². The lowest BCUT2D eigenvalue weighted by Gasteiger charge is -2.26. The number of carbonyl (C=O) groups excluding carboxylic acids is 2. The van der Waals surface area contributed by atoms with Crippen LogP contribution in [0.4, 0.5) is 0 Å². The van der Waals surface area contributed by atoms with E-state index in [0.29, 0.717) is 42.2 Å². The van der Waals surface area contributed by atoms with Crippen LogP contribution in [0, 0.1) is 13.8 Å². The van der Waals surface area contributed by atoms with E-state index in [4.69, 9.17) is 9.47 Å². The van der Waals surface area contributed by atoms with E-state index in [1.807, 2.05) is 98.8 Å². The molecule has 4 aromatic carbocycles. The Balaban J connectivity index is 1.56. The van der Waals surface area contributed by atoms with Gasteiger partial charge in [-0.3, -0.25) is 9.59 Å². The number of hydrogen-bond donors (Lipinski definition) is 1. The van der Waals surface area contributed by atoms with Crippen LogP contribution in [0.3, 0.4) is 0 Å². The summed E-state index contributed by atoms with van der Waals surface area (Å²) >= 11 is 0. The van der Waals surface area contributed by atoms with Gasteiger partial charge in [-0.2, -0.15) is 0 Å². The molecule has 1 saturated heterocycles. The molecule has 1 aliphatic heterocycles. The quantitative estimate of drug-likeness (QED) is 0.146. The molecule has 5 rings (SSSR count). The normalized spacial score (nSPS) is 16.2. The Bertz CT molecular complexity index is 1590. The molecule has 1 unspecified atom stereocenters. The topological polar surface area (TPSA) is 76.1 Å². The number of ketones is 1. The number of nitrogens with zero attached hydrogens (tertiary/aromatic N) is 1. The van der Waals surface area contributed by atoms with Crippen molar-refractivity contribution in [3.05, 3.63) is 136 Å². The molecule has 1 aliphatic rings. The molecule has 0 spiro atoms. The number of aliphatic hydroxyl groups excluding tert-OH is 1. The van der Waals surface area contributed by atoms with Crippen molar-refractivity contribution in [2.75, 3.05) is 13.7 Å². The monoisotopic (exact) mass is 547 g/mol. The lowest BCUT2D eigenvalue weighted by Crippen LogP contribution is -2.31. The van der Waals surface area contributed by atoms with Crippen molar-refractivity contribution < 1.29 is 24.2 Å². The van der Waals surface area contributed by atoms with E-state index in [2.05, 4.69) is 0 Å². The number of aliphatic hydroxyl groups is 1. The largest absolute Gasteiger partial charge is 0.507 e. The van der Waals surface area contributed by atoms with Gasteiger partial charge in [0.1, 0.15) is 12.4 Å². The van der Waals surface area contributed by atoms with Crippen LogP contribution in [0.15, 0.2) is 103 Å². The molecule has 208 valence electrons. The van der Waals surface area contributed by atoms with Crippen molar-refractivity contribution in [1.82, 2.24) is 4.90 Å². The first kappa shape index (κ1) is 27.7. The van der Waals surface area contributed by atoms with Gasteiger partial charge in [0.15, 0.2) is 11.5 Å². The summed E-state index contributed by atoms with van der Waals surface area (Å²) < 4.78 is 11.7. The molecular formula is C35H33NO5. The third kappa shape index (κ3) is 5.87. The number of rotatable bonds is 9. The summed E-state index contributed by atoms with van der Waals surface area (Å²) in [5, 5.41) is 11.6. The van der Waals surface area contributed by atoms with E-state index in [9.17, 15) is 14.7 Å². The van der Waals surface area contributed by atoms with E-state index in [-0.39, 0.29) is 11.3 Å². The van der Waals surface area contributed by atoms with E-state index >= 15 is 0 Å². The number of likely N-dealkylation sites (tertiary alicyclic amines) is 1. The standard InChI is InChI=1S/C35H33NO5/c1-23-14-15-24(2)28(20-23)33(37)31-32(36(35(39)34(31)38)19-18-25-10-6-4-7-11-25)27-16-17-29(30(21-27)40-3)41-22-26-12-8-5-9-13-26/h4-17,20-21,32,37H,18-19,22H2,1-3H3. The molecule has 6 heteroatoms. The number of aryl methyl sites for hydroxylation is 2. The lowest BCUT2D eigenvalue weighted by molar-refractivity contribution is -0.139. The molecule has 6 nitrogen and oxygen atoms in total. The molecule has 0 saturated carbocycles. The lowest BCUT2D eigenvalue weighted by atomic mass is 9.93. The summed E-state index contributed by atoms with van der Waals surface area (Å²) in [5.41, 5.74) is 5.06. The van der Waals surface area contributed by atoms with Crippen LogP contribution >= 0.6 is 0 Å². The Labute approximate surface area is 240 Å². The Hall–Kier alpha value is -4.84. The van der Waals surface area contributed by atoms with Gasteiger partial charge in [0.25, 0.3) is 11.7 Å². The molecule has 1 amide bonds. The summed E-state index contributed by atoms with van der Waals surface area (Å²) in [6.07, 6.45) is 0.559. The van der Waals surface area contributed by atoms with Crippen molar-refractivity contribution in [2.45, 2.75) is 32.9 Å².